The molecule has 0 saturated heterocycles. The fourth-order valence-electron chi connectivity index (χ4n) is 4.07. The van der Waals surface area contributed by atoms with Gasteiger partial charge in [0, 0.05) is 10.9 Å². The highest BCUT2D eigenvalue weighted by Gasteiger charge is 2.19. The van der Waals surface area contributed by atoms with Gasteiger partial charge in [-0.3, -0.25) is 14.2 Å². The van der Waals surface area contributed by atoms with Crippen LogP contribution in [0.3, 0.4) is 0 Å². The van der Waals surface area contributed by atoms with Crippen molar-refractivity contribution < 1.29 is 9.53 Å². The molecule has 0 saturated carbocycles. The molecular weight excluding hydrogens is 458 g/mol. The predicted molar refractivity (Wildman–Crippen MR) is 139 cm³/mol. The molecular formula is C28H23N3O3S. The Morgan fingerprint density at radius 1 is 0.971 bits per heavy atom. The van der Waals surface area contributed by atoms with Gasteiger partial charge >= 0.3 is 0 Å². The van der Waals surface area contributed by atoms with Crippen molar-refractivity contribution in [2.24, 2.45) is 0 Å². The number of hydrogen-bond donors (Lipinski definition) is 1. The summed E-state index contributed by atoms with van der Waals surface area (Å²) in [6.45, 7) is -0.134. The van der Waals surface area contributed by atoms with E-state index in [2.05, 4.69) is 10.3 Å². The molecule has 1 amide bonds. The molecule has 1 unspecified atom stereocenters. The SMILES string of the molecule is COc1ccc(C(NC(=O)Cn2cnc3scc(-c4ccccc4)c3c2=O)c2ccccc2)cc1. The van der Waals surface area contributed by atoms with E-state index in [1.54, 1.807) is 7.11 Å². The third kappa shape index (κ3) is 4.72. The molecule has 0 aliphatic rings. The van der Waals surface area contributed by atoms with Gasteiger partial charge in [-0.05, 0) is 28.8 Å². The van der Waals surface area contributed by atoms with Gasteiger partial charge in [0.1, 0.15) is 17.1 Å². The van der Waals surface area contributed by atoms with Crippen LogP contribution in [0, 0.1) is 0 Å². The lowest BCUT2D eigenvalue weighted by Crippen LogP contribution is -2.35. The number of benzene rings is 3. The van der Waals surface area contributed by atoms with E-state index >= 15 is 0 Å². The standard InChI is InChI=1S/C28H23N3O3S/c1-34-22-14-12-21(13-15-22)26(20-10-6-3-7-11-20)30-24(32)16-31-18-29-27-25(28(31)33)23(17-35-27)19-8-4-2-5-9-19/h2-15,17-18,26H,16H2,1H3,(H,30,32). The molecule has 6 nitrogen and oxygen atoms in total. The number of methoxy groups -OCH3 is 1. The number of aromatic nitrogens is 2. The molecule has 1 N–H and O–H groups in total. The number of fused-ring (bicyclic) bond motifs is 1. The zero-order chi connectivity index (χ0) is 24.2. The van der Waals surface area contributed by atoms with Gasteiger partial charge in [0.2, 0.25) is 5.91 Å². The van der Waals surface area contributed by atoms with Crippen molar-refractivity contribution in [3.8, 4) is 16.9 Å². The Morgan fingerprint density at radius 3 is 2.31 bits per heavy atom. The van der Waals surface area contributed by atoms with Crippen molar-refractivity contribution in [2.75, 3.05) is 7.11 Å². The Bertz CT molecular complexity index is 1510. The topological polar surface area (TPSA) is 73.2 Å². The highest BCUT2D eigenvalue weighted by Crippen LogP contribution is 2.30. The van der Waals surface area contributed by atoms with E-state index in [9.17, 15) is 9.59 Å². The summed E-state index contributed by atoms with van der Waals surface area (Å²) < 4.78 is 6.63. The molecule has 7 heteroatoms. The largest absolute Gasteiger partial charge is 0.497 e. The lowest BCUT2D eigenvalue weighted by atomic mass is 9.98. The third-order valence-electron chi connectivity index (χ3n) is 5.85. The summed E-state index contributed by atoms with van der Waals surface area (Å²) in [5, 5.41) is 5.56. The van der Waals surface area contributed by atoms with Crippen LogP contribution >= 0.6 is 11.3 Å². The first kappa shape index (κ1) is 22.6. The van der Waals surface area contributed by atoms with Crippen LogP contribution in [0.15, 0.2) is 101 Å². The summed E-state index contributed by atoms with van der Waals surface area (Å²) >= 11 is 1.42. The molecule has 0 fully saturated rings. The van der Waals surface area contributed by atoms with Crippen molar-refractivity contribution in [1.82, 2.24) is 14.9 Å². The van der Waals surface area contributed by atoms with Crippen LogP contribution in [0.4, 0.5) is 0 Å². The molecule has 174 valence electrons. The first-order valence-corrected chi connectivity index (χ1v) is 12.0. The lowest BCUT2D eigenvalue weighted by molar-refractivity contribution is -0.122. The van der Waals surface area contributed by atoms with Gasteiger partial charge in [-0.2, -0.15) is 0 Å². The first-order valence-electron chi connectivity index (χ1n) is 11.1. The normalized spacial score (nSPS) is 11.8. The van der Waals surface area contributed by atoms with E-state index in [1.165, 1.54) is 22.2 Å². The average Bonchev–Trinajstić information content (AvgIpc) is 3.35. The number of amides is 1. The number of nitrogens with one attached hydrogen (secondary N) is 1. The van der Waals surface area contributed by atoms with Gasteiger partial charge in [0.15, 0.2) is 0 Å². The van der Waals surface area contributed by atoms with Crippen molar-refractivity contribution in [1.29, 1.82) is 0 Å². The molecule has 2 aromatic heterocycles. The van der Waals surface area contributed by atoms with E-state index < -0.39 is 0 Å². The molecule has 2 heterocycles. The van der Waals surface area contributed by atoms with E-state index in [0.717, 1.165) is 28.0 Å². The van der Waals surface area contributed by atoms with Crippen LogP contribution in [0.1, 0.15) is 17.2 Å². The second-order valence-electron chi connectivity index (χ2n) is 8.06. The van der Waals surface area contributed by atoms with Crippen molar-refractivity contribution >= 4 is 27.5 Å². The summed E-state index contributed by atoms with van der Waals surface area (Å²) in [6, 6.07) is 26.7. The number of carbonyl (C=O) groups excluding carboxylic acids is 1. The molecule has 0 spiro atoms. The number of rotatable bonds is 7. The highest BCUT2D eigenvalue weighted by atomic mass is 32.1. The maximum atomic E-state index is 13.4. The summed E-state index contributed by atoms with van der Waals surface area (Å²) in [5.41, 5.74) is 3.40. The summed E-state index contributed by atoms with van der Waals surface area (Å²) in [6.07, 6.45) is 1.44. The fourth-order valence-corrected chi connectivity index (χ4v) is 4.98. The van der Waals surface area contributed by atoms with Gasteiger partial charge < -0.3 is 10.1 Å². The first-order chi connectivity index (χ1) is 17.1. The maximum absolute atomic E-state index is 13.4. The molecule has 0 bridgehead atoms. The minimum atomic E-state index is -0.372. The Balaban J connectivity index is 1.44. The summed E-state index contributed by atoms with van der Waals surface area (Å²) in [4.78, 5) is 31.6. The minimum Gasteiger partial charge on any atom is -0.497 e. The second-order valence-corrected chi connectivity index (χ2v) is 8.92. The fraction of sp³-hybridized carbons (Fsp3) is 0.107. The highest BCUT2D eigenvalue weighted by molar-refractivity contribution is 7.17. The average molecular weight is 482 g/mol. The van der Waals surface area contributed by atoms with Crippen LogP contribution in [-0.4, -0.2) is 22.6 Å². The van der Waals surface area contributed by atoms with E-state index in [4.69, 9.17) is 4.74 Å². The number of nitrogens with zero attached hydrogens (tertiary/aromatic N) is 2. The van der Waals surface area contributed by atoms with Crippen molar-refractivity contribution in [3.63, 3.8) is 0 Å². The van der Waals surface area contributed by atoms with Gasteiger partial charge in [-0.25, -0.2) is 4.98 Å². The molecule has 0 radical (unpaired) electrons. The Labute approximate surface area is 206 Å². The molecule has 1 atom stereocenters. The van der Waals surface area contributed by atoms with E-state index in [-0.39, 0.29) is 24.1 Å². The molecule has 3 aromatic carbocycles. The second kappa shape index (κ2) is 9.95. The van der Waals surface area contributed by atoms with Crippen LogP contribution < -0.4 is 15.6 Å². The molecule has 5 rings (SSSR count). The number of ether oxygens (including phenoxy) is 1. The van der Waals surface area contributed by atoms with Crippen LogP contribution in [-0.2, 0) is 11.3 Å². The number of carbonyl (C=O) groups is 1. The Kier molecular flexibility index (Phi) is 6.41. The van der Waals surface area contributed by atoms with Gasteiger partial charge in [-0.1, -0.05) is 72.8 Å². The van der Waals surface area contributed by atoms with Crippen LogP contribution in [0.2, 0.25) is 0 Å². The summed E-state index contributed by atoms with van der Waals surface area (Å²) in [5.74, 6) is 0.456. The number of thiophene rings is 1. The van der Waals surface area contributed by atoms with E-state index in [1.807, 2.05) is 90.3 Å². The predicted octanol–water partition coefficient (Wildman–Crippen LogP) is 5.04. The monoisotopic (exact) mass is 481 g/mol. The minimum absolute atomic E-state index is 0.134. The molecule has 5 aromatic rings. The summed E-state index contributed by atoms with van der Waals surface area (Å²) in [7, 11) is 1.62. The zero-order valence-corrected chi connectivity index (χ0v) is 19.9. The zero-order valence-electron chi connectivity index (χ0n) is 19.0. The number of hydrogen-bond acceptors (Lipinski definition) is 5. The lowest BCUT2D eigenvalue weighted by Gasteiger charge is -2.20. The van der Waals surface area contributed by atoms with Gasteiger partial charge in [-0.15, -0.1) is 11.3 Å². The van der Waals surface area contributed by atoms with Crippen LogP contribution in [0.5, 0.6) is 5.75 Å². The van der Waals surface area contributed by atoms with Crippen LogP contribution in [0.25, 0.3) is 21.3 Å². The molecule has 0 aliphatic heterocycles. The van der Waals surface area contributed by atoms with E-state index in [0.29, 0.717) is 10.2 Å². The van der Waals surface area contributed by atoms with Gasteiger partial charge in [0.25, 0.3) is 5.56 Å². The smallest absolute Gasteiger partial charge is 0.263 e. The Hall–Kier alpha value is -4.23. The molecule has 35 heavy (non-hydrogen) atoms. The van der Waals surface area contributed by atoms with Gasteiger partial charge in [0.05, 0.1) is 24.9 Å². The quantitative estimate of drug-likeness (QED) is 0.354. The Morgan fingerprint density at radius 2 is 1.63 bits per heavy atom. The maximum Gasteiger partial charge on any atom is 0.263 e. The molecule has 0 aliphatic carbocycles. The third-order valence-corrected chi connectivity index (χ3v) is 6.73. The van der Waals surface area contributed by atoms with Crippen molar-refractivity contribution in [3.05, 3.63) is 118 Å². The van der Waals surface area contributed by atoms with Crippen molar-refractivity contribution in [2.45, 2.75) is 12.6 Å².